The van der Waals surface area contributed by atoms with Gasteiger partial charge >= 0.3 is 5.97 Å². The van der Waals surface area contributed by atoms with E-state index in [1.165, 1.54) is 30.4 Å². The molecule has 1 aromatic rings. The second-order valence-corrected chi connectivity index (χ2v) is 9.39. The molecule has 3 unspecified atom stereocenters. The summed E-state index contributed by atoms with van der Waals surface area (Å²) >= 11 is 0. The van der Waals surface area contributed by atoms with Gasteiger partial charge < -0.3 is 9.47 Å². The molecule has 29 heavy (non-hydrogen) atoms. The standard InChI is InChI=1S/C25H35NO3/c1-18-14-19(2)25(16-28-22(27)15-26-12-8-5-9-13-26)17-29-24(23(18)20(25)3)21-10-6-4-7-11-21/h4,6-7,10-11,14,19-20,23-24H,5,8-9,12-13,15-17H2,1-3H3/t19?,20-,23?,24?,25+/m1/s1. The normalized spacial score (nSPS) is 35.1. The number of allylic oxidation sites excluding steroid dienone is 1. The second-order valence-electron chi connectivity index (χ2n) is 9.39. The number of likely N-dealkylation sites (tertiary alicyclic amines) is 1. The Bertz CT molecular complexity index is 740. The molecule has 1 aliphatic carbocycles. The quantitative estimate of drug-likeness (QED) is 0.537. The van der Waals surface area contributed by atoms with E-state index in [0.717, 1.165) is 13.1 Å². The summed E-state index contributed by atoms with van der Waals surface area (Å²) in [4.78, 5) is 14.8. The lowest BCUT2D eigenvalue weighted by Crippen LogP contribution is -2.54. The zero-order chi connectivity index (χ0) is 20.4. The topological polar surface area (TPSA) is 38.8 Å². The van der Waals surface area contributed by atoms with Crippen molar-refractivity contribution < 1.29 is 14.3 Å². The van der Waals surface area contributed by atoms with E-state index in [-0.39, 0.29) is 17.5 Å². The summed E-state index contributed by atoms with van der Waals surface area (Å²) in [5.74, 6) is 0.953. The number of ether oxygens (including phenoxy) is 2. The first-order chi connectivity index (χ1) is 14.0. The zero-order valence-corrected chi connectivity index (χ0v) is 18.1. The van der Waals surface area contributed by atoms with Gasteiger partial charge in [-0.15, -0.1) is 0 Å². The van der Waals surface area contributed by atoms with Crippen LogP contribution in [0.3, 0.4) is 0 Å². The van der Waals surface area contributed by atoms with Gasteiger partial charge in [-0.2, -0.15) is 0 Å². The van der Waals surface area contributed by atoms with Crippen LogP contribution in [0.1, 0.15) is 51.7 Å². The maximum absolute atomic E-state index is 12.6. The highest BCUT2D eigenvalue weighted by atomic mass is 16.5. The summed E-state index contributed by atoms with van der Waals surface area (Å²) in [5.41, 5.74) is 2.49. The molecule has 2 bridgehead atoms. The number of esters is 1. The Kier molecular flexibility index (Phi) is 6.12. The van der Waals surface area contributed by atoms with Gasteiger partial charge in [0.15, 0.2) is 0 Å². The van der Waals surface area contributed by atoms with Crippen molar-refractivity contribution in [3.8, 4) is 0 Å². The van der Waals surface area contributed by atoms with Crippen molar-refractivity contribution in [1.82, 2.24) is 4.90 Å². The van der Waals surface area contributed by atoms with Crippen molar-refractivity contribution in [2.24, 2.45) is 23.2 Å². The van der Waals surface area contributed by atoms with Gasteiger partial charge in [-0.1, -0.05) is 62.2 Å². The number of rotatable bonds is 5. The third-order valence-corrected chi connectivity index (χ3v) is 7.68. The number of nitrogens with zero attached hydrogens (tertiary/aromatic N) is 1. The largest absolute Gasteiger partial charge is 0.464 e. The van der Waals surface area contributed by atoms with Gasteiger partial charge in [0, 0.05) is 11.3 Å². The van der Waals surface area contributed by atoms with Crippen molar-refractivity contribution in [2.75, 3.05) is 32.8 Å². The van der Waals surface area contributed by atoms with Gasteiger partial charge in [0.1, 0.15) is 0 Å². The predicted molar refractivity (Wildman–Crippen MR) is 114 cm³/mol. The summed E-state index contributed by atoms with van der Waals surface area (Å²) < 4.78 is 12.4. The van der Waals surface area contributed by atoms with E-state index in [9.17, 15) is 4.79 Å². The van der Waals surface area contributed by atoms with Crippen molar-refractivity contribution in [3.63, 3.8) is 0 Å². The Morgan fingerprint density at radius 2 is 1.90 bits per heavy atom. The van der Waals surface area contributed by atoms with Crippen molar-refractivity contribution in [1.29, 1.82) is 0 Å². The number of hydrogen-bond acceptors (Lipinski definition) is 4. The highest BCUT2D eigenvalue weighted by Crippen LogP contribution is 2.56. The van der Waals surface area contributed by atoms with Crippen LogP contribution in [0.5, 0.6) is 0 Å². The summed E-state index contributed by atoms with van der Waals surface area (Å²) in [6.07, 6.45) is 6.11. The third-order valence-electron chi connectivity index (χ3n) is 7.68. The molecule has 4 heteroatoms. The van der Waals surface area contributed by atoms with E-state index in [2.05, 4.69) is 56.0 Å². The first-order valence-corrected chi connectivity index (χ1v) is 11.2. The minimum atomic E-state index is -0.146. The molecule has 2 heterocycles. The molecule has 0 spiro atoms. The fraction of sp³-hybridized carbons (Fsp3) is 0.640. The number of benzene rings is 1. The van der Waals surface area contributed by atoms with Crippen LogP contribution in [0.4, 0.5) is 0 Å². The average molecular weight is 398 g/mol. The van der Waals surface area contributed by atoms with Gasteiger partial charge in [-0.25, -0.2) is 0 Å². The van der Waals surface area contributed by atoms with E-state index < -0.39 is 0 Å². The van der Waals surface area contributed by atoms with Gasteiger partial charge in [-0.3, -0.25) is 9.69 Å². The van der Waals surface area contributed by atoms with E-state index in [0.29, 0.717) is 37.5 Å². The SMILES string of the molecule is CC1=CC(C)[C@]2(COC(=O)CN3CCCCC3)COC(c3ccccc3)C1[C@H]2C. The Morgan fingerprint density at radius 1 is 1.17 bits per heavy atom. The smallest absolute Gasteiger partial charge is 0.320 e. The summed E-state index contributed by atoms with van der Waals surface area (Å²) in [6, 6.07) is 10.5. The monoisotopic (exact) mass is 397 g/mol. The number of carbonyl (C=O) groups is 1. The zero-order valence-electron chi connectivity index (χ0n) is 18.1. The van der Waals surface area contributed by atoms with E-state index in [1.54, 1.807) is 0 Å². The molecule has 0 saturated carbocycles. The molecule has 4 rings (SSSR count). The van der Waals surface area contributed by atoms with Crippen LogP contribution in [0.25, 0.3) is 0 Å². The molecule has 4 nitrogen and oxygen atoms in total. The number of piperidine rings is 1. The Balaban J connectivity index is 1.47. The summed E-state index contributed by atoms with van der Waals surface area (Å²) in [5, 5.41) is 0. The average Bonchev–Trinajstić information content (AvgIpc) is 2.73. The lowest BCUT2D eigenvalue weighted by molar-refractivity contribution is -0.182. The number of fused-ring (bicyclic) bond motifs is 2. The molecule has 1 aromatic carbocycles. The summed E-state index contributed by atoms with van der Waals surface area (Å²) in [7, 11) is 0. The van der Waals surface area contributed by atoms with Crippen LogP contribution in [0.15, 0.2) is 42.0 Å². The predicted octanol–water partition coefficient (Wildman–Crippen LogP) is 4.62. The van der Waals surface area contributed by atoms with E-state index >= 15 is 0 Å². The van der Waals surface area contributed by atoms with Crippen LogP contribution >= 0.6 is 0 Å². The van der Waals surface area contributed by atoms with E-state index in [4.69, 9.17) is 9.47 Å². The molecule has 5 atom stereocenters. The Morgan fingerprint density at radius 3 is 2.62 bits per heavy atom. The fourth-order valence-corrected chi connectivity index (χ4v) is 5.76. The van der Waals surface area contributed by atoms with Gasteiger partial charge in [-0.05, 0) is 50.3 Å². The molecule has 0 aromatic heterocycles. The molecular weight excluding hydrogens is 362 g/mol. The molecule has 2 aliphatic heterocycles. The minimum absolute atomic E-state index is 0.0760. The molecule has 2 fully saturated rings. The Labute approximate surface area is 175 Å². The van der Waals surface area contributed by atoms with Gasteiger partial charge in [0.25, 0.3) is 0 Å². The van der Waals surface area contributed by atoms with Crippen molar-refractivity contribution in [2.45, 2.75) is 46.1 Å². The molecule has 0 N–H and O–H groups in total. The Hall–Kier alpha value is -1.65. The molecule has 3 aliphatic rings. The van der Waals surface area contributed by atoms with Gasteiger partial charge in [0.2, 0.25) is 0 Å². The lowest BCUT2D eigenvalue weighted by Gasteiger charge is -2.55. The maximum Gasteiger partial charge on any atom is 0.320 e. The van der Waals surface area contributed by atoms with Crippen LogP contribution < -0.4 is 0 Å². The van der Waals surface area contributed by atoms with Crippen LogP contribution in [0.2, 0.25) is 0 Å². The number of hydrogen-bond donors (Lipinski definition) is 0. The first-order valence-electron chi connectivity index (χ1n) is 11.2. The fourth-order valence-electron chi connectivity index (χ4n) is 5.76. The van der Waals surface area contributed by atoms with E-state index in [1.807, 2.05) is 6.07 Å². The van der Waals surface area contributed by atoms with Gasteiger partial charge in [0.05, 0.1) is 25.9 Å². The molecular formula is C25H35NO3. The van der Waals surface area contributed by atoms with Crippen molar-refractivity contribution >= 4 is 5.97 Å². The third kappa shape index (κ3) is 4.02. The molecule has 0 amide bonds. The lowest BCUT2D eigenvalue weighted by atomic mass is 9.56. The van der Waals surface area contributed by atoms with Crippen molar-refractivity contribution in [3.05, 3.63) is 47.5 Å². The maximum atomic E-state index is 12.6. The van der Waals surface area contributed by atoms with Crippen LogP contribution in [-0.2, 0) is 14.3 Å². The van der Waals surface area contributed by atoms with Crippen LogP contribution in [-0.4, -0.2) is 43.7 Å². The molecule has 2 saturated heterocycles. The molecule has 0 radical (unpaired) electrons. The highest BCUT2D eigenvalue weighted by molar-refractivity contribution is 5.71. The second kappa shape index (κ2) is 8.61. The number of carbonyl (C=O) groups excluding carboxylic acids is 1. The molecule has 158 valence electrons. The van der Waals surface area contributed by atoms with Crippen LogP contribution in [0, 0.1) is 23.2 Å². The first kappa shape index (κ1) is 20.6. The summed E-state index contributed by atoms with van der Waals surface area (Å²) in [6.45, 7) is 10.3. The minimum Gasteiger partial charge on any atom is -0.464 e. The highest BCUT2D eigenvalue weighted by Gasteiger charge is 2.54.